The molecule has 2 amide bonds. The van der Waals surface area contributed by atoms with Gasteiger partial charge in [0.15, 0.2) is 0 Å². The summed E-state index contributed by atoms with van der Waals surface area (Å²) in [6.45, 7) is 9.04. The van der Waals surface area contributed by atoms with Gasteiger partial charge in [-0.05, 0) is 31.6 Å². The van der Waals surface area contributed by atoms with Gasteiger partial charge in [0, 0.05) is 45.2 Å². The molecule has 0 radical (unpaired) electrons. The highest BCUT2D eigenvalue weighted by atomic mass is 16.2. The van der Waals surface area contributed by atoms with Crippen LogP contribution in [-0.2, 0) is 9.59 Å². The Morgan fingerprint density at radius 1 is 0.750 bits per heavy atom. The van der Waals surface area contributed by atoms with Crippen LogP contribution in [0.3, 0.4) is 0 Å². The van der Waals surface area contributed by atoms with Crippen LogP contribution in [0.5, 0.6) is 0 Å². The van der Waals surface area contributed by atoms with Crippen molar-refractivity contribution in [2.24, 2.45) is 11.8 Å². The van der Waals surface area contributed by atoms with Gasteiger partial charge in [-0.2, -0.15) is 0 Å². The van der Waals surface area contributed by atoms with Crippen LogP contribution in [0.15, 0.2) is 0 Å². The zero-order valence-electron chi connectivity index (χ0n) is 15.4. The first-order chi connectivity index (χ1) is 11.6. The lowest BCUT2D eigenvalue weighted by molar-refractivity contribution is -0.141. The van der Waals surface area contributed by atoms with E-state index in [1.807, 2.05) is 18.7 Å². The molecule has 5 heteroatoms. The molecule has 0 aromatic heterocycles. The largest absolute Gasteiger partial charge is 0.341 e. The van der Waals surface area contributed by atoms with Crippen LogP contribution in [0.2, 0.25) is 0 Å². The van der Waals surface area contributed by atoms with E-state index in [0.717, 1.165) is 52.1 Å². The van der Waals surface area contributed by atoms with Crippen molar-refractivity contribution in [3.63, 3.8) is 0 Å². The average molecular weight is 335 g/mol. The van der Waals surface area contributed by atoms with Gasteiger partial charge in [0.1, 0.15) is 0 Å². The van der Waals surface area contributed by atoms with Crippen molar-refractivity contribution in [3.8, 4) is 0 Å². The highest BCUT2D eigenvalue weighted by molar-refractivity contribution is 5.82. The Morgan fingerprint density at radius 2 is 1.29 bits per heavy atom. The molecule has 3 fully saturated rings. The summed E-state index contributed by atoms with van der Waals surface area (Å²) < 4.78 is 0. The van der Waals surface area contributed by atoms with Gasteiger partial charge in [-0.25, -0.2) is 0 Å². The van der Waals surface area contributed by atoms with Crippen molar-refractivity contribution < 1.29 is 9.59 Å². The molecular formula is C19H33N3O2. The zero-order valence-corrected chi connectivity index (χ0v) is 15.4. The molecule has 0 N–H and O–H groups in total. The molecule has 0 bridgehead atoms. The maximum Gasteiger partial charge on any atom is 0.240 e. The van der Waals surface area contributed by atoms with E-state index in [2.05, 4.69) is 9.80 Å². The highest BCUT2D eigenvalue weighted by Gasteiger charge is 2.39. The molecule has 3 aliphatic rings. The summed E-state index contributed by atoms with van der Waals surface area (Å²) >= 11 is 0. The second-order valence-electron chi connectivity index (χ2n) is 8.04. The number of carbonyl (C=O) groups excluding carboxylic acids is 2. The van der Waals surface area contributed by atoms with Crippen LogP contribution < -0.4 is 0 Å². The minimum absolute atomic E-state index is 0.0573. The minimum Gasteiger partial charge on any atom is -0.341 e. The molecule has 0 unspecified atom stereocenters. The van der Waals surface area contributed by atoms with E-state index in [1.54, 1.807) is 0 Å². The number of likely N-dealkylation sites (tertiary alicyclic amines) is 1. The Balaban J connectivity index is 1.65. The average Bonchev–Trinajstić information content (AvgIpc) is 3.28. The van der Waals surface area contributed by atoms with E-state index < -0.39 is 0 Å². The summed E-state index contributed by atoms with van der Waals surface area (Å²) in [6.07, 6.45) is 7.21. The molecule has 2 saturated heterocycles. The van der Waals surface area contributed by atoms with Gasteiger partial charge < -0.3 is 9.80 Å². The molecule has 5 nitrogen and oxygen atoms in total. The Morgan fingerprint density at radius 3 is 1.83 bits per heavy atom. The predicted molar refractivity (Wildman–Crippen MR) is 94.6 cm³/mol. The highest BCUT2D eigenvalue weighted by Crippen LogP contribution is 2.32. The maximum absolute atomic E-state index is 13.2. The normalized spacial score (nSPS) is 24.8. The standard InChI is InChI=1S/C19H33N3O2/c1-15(2)18(23)22-13-11-20(12-14-22)17(16-7-3-4-8-16)19(24)21-9-5-6-10-21/h15-17H,3-14H2,1-2H3/t17-/m0/s1. The van der Waals surface area contributed by atoms with Crippen molar-refractivity contribution in [2.45, 2.75) is 58.4 Å². The molecule has 1 aliphatic carbocycles. The fourth-order valence-electron chi connectivity index (χ4n) is 4.64. The number of rotatable bonds is 4. The van der Waals surface area contributed by atoms with Crippen LogP contribution in [0.1, 0.15) is 52.4 Å². The Hall–Kier alpha value is -1.10. The molecule has 136 valence electrons. The molecule has 0 aromatic carbocycles. The lowest BCUT2D eigenvalue weighted by atomic mass is 9.94. The lowest BCUT2D eigenvalue weighted by Crippen LogP contribution is -2.58. The van der Waals surface area contributed by atoms with Gasteiger partial charge in [-0.1, -0.05) is 26.7 Å². The monoisotopic (exact) mass is 335 g/mol. The van der Waals surface area contributed by atoms with E-state index in [-0.39, 0.29) is 17.9 Å². The van der Waals surface area contributed by atoms with Gasteiger partial charge in [-0.15, -0.1) is 0 Å². The number of nitrogens with zero attached hydrogens (tertiary/aromatic N) is 3. The van der Waals surface area contributed by atoms with Gasteiger partial charge in [-0.3, -0.25) is 14.5 Å². The molecule has 2 heterocycles. The fourth-order valence-corrected chi connectivity index (χ4v) is 4.64. The van der Waals surface area contributed by atoms with Crippen LogP contribution in [0, 0.1) is 11.8 Å². The smallest absolute Gasteiger partial charge is 0.240 e. The number of carbonyl (C=O) groups is 2. The molecule has 2 aliphatic heterocycles. The first-order valence-corrected chi connectivity index (χ1v) is 9.89. The quantitative estimate of drug-likeness (QED) is 0.789. The lowest BCUT2D eigenvalue weighted by Gasteiger charge is -2.42. The number of hydrogen-bond donors (Lipinski definition) is 0. The minimum atomic E-state index is 0.0573. The maximum atomic E-state index is 13.2. The molecule has 0 aromatic rings. The second-order valence-corrected chi connectivity index (χ2v) is 8.04. The van der Waals surface area contributed by atoms with E-state index in [9.17, 15) is 9.59 Å². The summed E-state index contributed by atoms with van der Waals surface area (Å²) in [4.78, 5) is 31.8. The second kappa shape index (κ2) is 7.85. The molecule has 3 rings (SSSR count). The first kappa shape index (κ1) is 17.7. The summed E-state index contributed by atoms with van der Waals surface area (Å²) in [5, 5.41) is 0. The van der Waals surface area contributed by atoms with Crippen LogP contribution >= 0.6 is 0 Å². The number of piperazine rings is 1. The fraction of sp³-hybridized carbons (Fsp3) is 0.895. The Labute approximate surface area is 146 Å². The molecule has 1 saturated carbocycles. The molecule has 24 heavy (non-hydrogen) atoms. The summed E-state index contributed by atoms with van der Waals surface area (Å²) in [7, 11) is 0. The van der Waals surface area contributed by atoms with Gasteiger partial charge in [0.2, 0.25) is 11.8 Å². The van der Waals surface area contributed by atoms with Gasteiger partial charge in [0.05, 0.1) is 6.04 Å². The third-order valence-electron chi connectivity index (χ3n) is 6.03. The number of hydrogen-bond acceptors (Lipinski definition) is 3. The summed E-state index contributed by atoms with van der Waals surface area (Å²) in [5.74, 6) is 1.19. The van der Waals surface area contributed by atoms with Crippen molar-refractivity contribution in [1.82, 2.24) is 14.7 Å². The van der Waals surface area contributed by atoms with Gasteiger partial charge >= 0.3 is 0 Å². The van der Waals surface area contributed by atoms with E-state index in [4.69, 9.17) is 0 Å². The summed E-state index contributed by atoms with van der Waals surface area (Å²) in [5.41, 5.74) is 0. The van der Waals surface area contributed by atoms with Gasteiger partial charge in [0.25, 0.3) is 0 Å². The van der Waals surface area contributed by atoms with Crippen molar-refractivity contribution in [1.29, 1.82) is 0 Å². The zero-order chi connectivity index (χ0) is 17.1. The number of amides is 2. The van der Waals surface area contributed by atoms with Crippen molar-refractivity contribution >= 4 is 11.8 Å². The van der Waals surface area contributed by atoms with Crippen LogP contribution in [0.25, 0.3) is 0 Å². The third-order valence-corrected chi connectivity index (χ3v) is 6.03. The SMILES string of the molecule is CC(C)C(=O)N1CCN([C@H](C(=O)N2CCCC2)C2CCCC2)CC1. The molecule has 1 atom stereocenters. The van der Waals surface area contributed by atoms with E-state index in [0.29, 0.717) is 11.8 Å². The predicted octanol–water partition coefficient (Wildman–Crippen LogP) is 1.97. The van der Waals surface area contributed by atoms with Crippen molar-refractivity contribution in [3.05, 3.63) is 0 Å². The van der Waals surface area contributed by atoms with Crippen molar-refractivity contribution in [2.75, 3.05) is 39.3 Å². The Kier molecular flexibility index (Phi) is 5.80. The van der Waals surface area contributed by atoms with E-state index in [1.165, 1.54) is 25.7 Å². The summed E-state index contributed by atoms with van der Waals surface area (Å²) in [6, 6.07) is 0.0573. The van der Waals surface area contributed by atoms with E-state index >= 15 is 0 Å². The Bertz CT molecular complexity index is 446. The third kappa shape index (κ3) is 3.76. The van der Waals surface area contributed by atoms with Crippen LogP contribution in [0.4, 0.5) is 0 Å². The first-order valence-electron chi connectivity index (χ1n) is 9.89. The van der Waals surface area contributed by atoms with Crippen LogP contribution in [-0.4, -0.2) is 71.8 Å². The molecular weight excluding hydrogens is 302 g/mol. The topological polar surface area (TPSA) is 43.9 Å². The molecule has 0 spiro atoms.